The Balaban J connectivity index is 1.44. The van der Waals surface area contributed by atoms with Crippen molar-refractivity contribution in [2.75, 3.05) is 19.7 Å². The fourth-order valence-corrected chi connectivity index (χ4v) is 5.46. The topological polar surface area (TPSA) is 71.7 Å². The quantitative estimate of drug-likeness (QED) is 0.637. The maximum Gasteiger partial charge on any atom is 0.336 e. The fraction of sp³-hybridized carbons (Fsp3) is 0.400. The Labute approximate surface area is 175 Å². The van der Waals surface area contributed by atoms with E-state index in [0.29, 0.717) is 18.7 Å². The van der Waals surface area contributed by atoms with Crippen LogP contribution in [0.3, 0.4) is 0 Å². The number of ether oxygens (including phenoxy) is 1. The standard InChI is InChI=1S/C25H27NO4/c1-3-16-11-22(28)30-24-15(2)20(10-9-18(16)24)29-13-19-23(17-7-5-4-6-8-17)25(19)14-26-12-21(25)27/h4-11,19,21,23,26-27H,3,12-14H2,1-2H3/t19-,21-,23-,25-/m1/s1. The average Bonchev–Trinajstić information content (AvgIpc) is 3.25. The highest BCUT2D eigenvalue weighted by Gasteiger charge is 2.70. The second-order valence-electron chi connectivity index (χ2n) is 8.57. The van der Waals surface area contributed by atoms with E-state index >= 15 is 0 Å². The van der Waals surface area contributed by atoms with E-state index in [-0.39, 0.29) is 29.0 Å². The van der Waals surface area contributed by atoms with Crippen molar-refractivity contribution in [2.45, 2.75) is 32.3 Å². The Morgan fingerprint density at radius 2 is 2.03 bits per heavy atom. The SMILES string of the molecule is CCc1cc(=O)oc2c(C)c(OC[C@@H]3[C@@H](c4ccccc4)[C@]34CNC[C@H]4O)ccc12. The minimum absolute atomic E-state index is 0.173. The molecule has 1 aliphatic heterocycles. The Kier molecular flexibility index (Phi) is 4.68. The summed E-state index contributed by atoms with van der Waals surface area (Å²) in [6, 6.07) is 15.9. The average molecular weight is 405 g/mol. The maximum absolute atomic E-state index is 12.0. The first kappa shape index (κ1) is 19.3. The summed E-state index contributed by atoms with van der Waals surface area (Å²) in [5.74, 6) is 1.23. The van der Waals surface area contributed by atoms with Gasteiger partial charge in [-0.2, -0.15) is 0 Å². The molecular formula is C25H27NO4. The van der Waals surface area contributed by atoms with Crippen LogP contribution in [-0.4, -0.2) is 30.9 Å². The van der Waals surface area contributed by atoms with Gasteiger partial charge in [-0.05, 0) is 36.6 Å². The molecule has 0 bridgehead atoms. The van der Waals surface area contributed by atoms with Crippen LogP contribution in [0.15, 0.2) is 57.7 Å². The van der Waals surface area contributed by atoms with E-state index in [9.17, 15) is 9.90 Å². The predicted octanol–water partition coefficient (Wildman–Crippen LogP) is 3.41. The van der Waals surface area contributed by atoms with Crippen LogP contribution in [-0.2, 0) is 6.42 Å². The molecule has 1 saturated carbocycles. The molecule has 30 heavy (non-hydrogen) atoms. The number of aryl methyl sites for hydroxylation is 2. The van der Waals surface area contributed by atoms with Crippen LogP contribution in [0.4, 0.5) is 0 Å². The minimum Gasteiger partial charge on any atom is -0.493 e. The molecule has 2 fully saturated rings. The van der Waals surface area contributed by atoms with E-state index in [4.69, 9.17) is 9.15 Å². The molecule has 156 valence electrons. The number of rotatable bonds is 5. The number of hydrogen-bond acceptors (Lipinski definition) is 5. The number of benzene rings is 2. The zero-order chi connectivity index (χ0) is 20.9. The number of β-amino-alcohol motifs (C(OH)–C–C–N with tert-alkyl or cyclic N) is 1. The fourth-order valence-electron chi connectivity index (χ4n) is 5.46. The molecule has 0 radical (unpaired) electrons. The Morgan fingerprint density at radius 3 is 2.73 bits per heavy atom. The van der Waals surface area contributed by atoms with Gasteiger partial charge in [-0.15, -0.1) is 0 Å². The third-order valence-corrected chi connectivity index (χ3v) is 7.11. The first-order valence-corrected chi connectivity index (χ1v) is 10.7. The van der Waals surface area contributed by atoms with Gasteiger partial charge in [0.2, 0.25) is 0 Å². The van der Waals surface area contributed by atoms with Gasteiger partial charge in [-0.25, -0.2) is 4.79 Å². The summed E-state index contributed by atoms with van der Waals surface area (Å²) in [5, 5.41) is 15.0. The molecule has 0 amide bonds. The van der Waals surface area contributed by atoms with Crippen LogP contribution < -0.4 is 15.7 Å². The van der Waals surface area contributed by atoms with Crippen molar-refractivity contribution >= 4 is 11.0 Å². The van der Waals surface area contributed by atoms with Crippen molar-refractivity contribution in [3.63, 3.8) is 0 Å². The second kappa shape index (κ2) is 7.25. The van der Waals surface area contributed by atoms with Crippen molar-refractivity contribution < 1.29 is 14.3 Å². The van der Waals surface area contributed by atoms with Gasteiger partial charge in [-0.1, -0.05) is 37.3 Å². The van der Waals surface area contributed by atoms with Gasteiger partial charge in [0.15, 0.2) is 0 Å². The van der Waals surface area contributed by atoms with Crippen LogP contribution in [0.25, 0.3) is 11.0 Å². The summed E-state index contributed by atoms with van der Waals surface area (Å²) >= 11 is 0. The molecule has 4 atom stereocenters. The monoisotopic (exact) mass is 405 g/mol. The summed E-state index contributed by atoms with van der Waals surface area (Å²) in [6.07, 6.45) is 0.398. The molecule has 1 aromatic heterocycles. The van der Waals surface area contributed by atoms with E-state index in [1.165, 1.54) is 5.56 Å². The lowest BCUT2D eigenvalue weighted by Gasteiger charge is -2.15. The highest BCUT2D eigenvalue weighted by Crippen LogP contribution is 2.67. The zero-order valence-corrected chi connectivity index (χ0v) is 17.4. The number of hydrogen-bond donors (Lipinski definition) is 2. The Morgan fingerprint density at radius 1 is 1.23 bits per heavy atom. The third-order valence-electron chi connectivity index (χ3n) is 7.11. The highest BCUT2D eigenvalue weighted by atomic mass is 16.5. The molecule has 1 spiro atoms. The van der Waals surface area contributed by atoms with Crippen molar-refractivity contribution in [3.8, 4) is 5.75 Å². The maximum atomic E-state index is 12.0. The van der Waals surface area contributed by atoms with Crippen LogP contribution in [0.2, 0.25) is 0 Å². The molecule has 0 unspecified atom stereocenters. The van der Waals surface area contributed by atoms with E-state index in [1.807, 2.05) is 32.0 Å². The summed E-state index contributed by atoms with van der Waals surface area (Å²) < 4.78 is 11.8. The smallest absolute Gasteiger partial charge is 0.336 e. The molecule has 2 heterocycles. The Hall–Kier alpha value is -2.63. The highest BCUT2D eigenvalue weighted by molar-refractivity contribution is 5.84. The largest absolute Gasteiger partial charge is 0.493 e. The van der Waals surface area contributed by atoms with Gasteiger partial charge in [0.25, 0.3) is 0 Å². The molecule has 5 nitrogen and oxygen atoms in total. The van der Waals surface area contributed by atoms with E-state index in [1.54, 1.807) is 6.07 Å². The van der Waals surface area contributed by atoms with Crippen LogP contribution in [0, 0.1) is 18.3 Å². The van der Waals surface area contributed by atoms with Gasteiger partial charge in [0, 0.05) is 47.4 Å². The van der Waals surface area contributed by atoms with Crippen LogP contribution in [0.1, 0.15) is 29.5 Å². The molecule has 3 aromatic rings. The Bertz CT molecular complexity index is 1140. The van der Waals surface area contributed by atoms with Gasteiger partial charge in [0.05, 0.1) is 12.7 Å². The van der Waals surface area contributed by atoms with Crippen molar-refractivity contribution in [1.29, 1.82) is 0 Å². The summed E-state index contributed by atoms with van der Waals surface area (Å²) in [4.78, 5) is 12.0. The van der Waals surface area contributed by atoms with Gasteiger partial charge < -0.3 is 19.6 Å². The number of nitrogens with one attached hydrogen (secondary N) is 1. The predicted molar refractivity (Wildman–Crippen MR) is 116 cm³/mol. The molecule has 1 aliphatic carbocycles. The third kappa shape index (κ3) is 2.88. The number of aliphatic hydroxyl groups is 1. The summed E-state index contributed by atoms with van der Waals surface area (Å²) in [5.41, 5.74) is 3.18. The number of aliphatic hydroxyl groups excluding tert-OH is 1. The molecule has 2 N–H and O–H groups in total. The van der Waals surface area contributed by atoms with Crippen molar-refractivity contribution in [3.05, 3.63) is 75.6 Å². The van der Waals surface area contributed by atoms with Gasteiger partial charge in [0.1, 0.15) is 11.3 Å². The molecule has 5 rings (SSSR count). The first-order chi connectivity index (χ1) is 14.6. The van der Waals surface area contributed by atoms with Crippen LogP contribution >= 0.6 is 0 Å². The molecule has 2 aliphatic rings. The second-order valence-corrected chi connectivity index (χ2v) is 8.57. The molecular weight excluding hydrogens is 378 g/mol. The summed E-state index contributed by atoms with van der Waals surface area (Å²) in [7, 11) is 0. The first-order valence-electron chi connectivity index (χ1n) is 10.7. The van der Waals surface area contributed by atoms with Crippen molar-refractivity contribution in [2.24, 2.45) is 11.3 Å². The van der Waals surface area contributed by atoms with Crippen molar-refractivity contribution in [1.82, 2.24) is 5.32 Å². The minimum atomic E-state index is -0.376. The molecule has 5 heteroatoms. The van der Waals surface area contributed by atoms with E-state index < -0.39 is 0 Å². The summed E-state index contributed by atoms with van der Waals surface area (Å²) in [6.45, 7) is 5.91. The van der Waals surface area contributed by atoms with E-state index in [2.05, 4.69) is 29.6 Å². The lowest BCUT2D eigenvalue weighted by Crippen LogP contribution is -2.24. The van der Waals surface area contributed by atoms with Gasteiger partial charge >= 0.3 is 5.63 Å². The van der Waals surface area contributed by atoms with Gasteiger partial charge in [-0.3, -0.25) is 0 Å². The lowest BCUT2D eigenvalue weighted by atomic mass is 9.95. The lowest BCUT2D eigenvalue weighted by molar-refractivity contribution is 0.115. The molecule has 2 aromatic carbocycles. The molecule has 1 saturated heterocycles. The normalized spacial score (nSPS) is 27.6. The van der Waals surface area contributed by atoms with E-state index in [0.717, 1.165) is 35.2 Å². The van der Waals surface area contributed by atoms with Crippen LogP contribution in [0.5, 0.6) is 5.75 Å². The number of fused-ring (bicyclic) bond motifs is 1. The zero-order valence-electron chi connectivity index (χ0n) is 17.4.